The predicted molar refractivity (Wildman–Crippen MR) is 79.2 cm³/mol. The number of methoxy groups -OCH3 is 1. The Labute approximate surface area is 122 Å². The molecule has 0 saturated heterocycles. The van der Waals surface area contributed by atoms with E-state index in [4.69, 9.17) is 4.74 Å². The van der Waals surface area contributed by atoms with Gasteiger partial charge in [-0.25, -0.2) is 8.42 Å². The fraction of sp³-hybridized carbons (Fsp3) is 0.929. The largest absolute Gasteiger partial charge is 0.378 e. The van der Waals surface area contributed by atoms with Gasteiger partial charge in [-0.3, -0.25) is 4.79 Å². The van der Waals surface area contributed by atoms with E-state index in [0.717, 1.165) is 12.7 Å². The van der Waals surface area contributed by atoms with Gasteiger partial charge in [0.15, 0.2) is 0 Å². The number of hydrogen-bond donors (Lipinski definition) is 0. The molecule has 1 amide bonds. The lowest BCUT2D eigenvalue weighted by molar-refractivity contribution is -0.208. The Hall–Kier alpha value is -0.620. The van der Waals surface area contributed by atoms with E-state index >= 15 is 0 Å². The first kappa shape index (κ1) is 17.4. The topological polar surface area (TPSA) is 63.7 Å². The summed E-state index contributed by atoms with van der Waals surface area (Å²) in [5.41, 5.74) is -0.400. The molecule has 6 heteroatoms. The van der Waals surface area contributed by atoms with E-state index in [0.29, 0.717) is 0 Å². The van der Waals surface area contributed by atoms with Gasteiger partial charge in [-0.1, -0.05) is 20.8 Å². The fourth-order valence-electron chi connectivity index (χ4n) is 3.10. The van der Waals surface area contributed by atoms with Crippen molar-refractivity contribution in [2.45, 2.75) is 45.8 Å². The van der Waals surface area contributed by atoms with Crippen LogP contribution < -0.4 is 0 Å². The lowest BCUT2D eigenvalue weighted by atomic mass is 9.55. The van der Waals surface area contributed by atoms with Crippen molar-refractivity contribution in [1.29, 1.82) is 0 Å². The average molecular weight is 305 g/mol. The molecule has 118 valence electrons. The summed E-state index contributed by atoms with van der Waals surface area (Å²) in [5, 5.41) is 0. The van der Waals surface area contributed by atoms with E-state index in [1.165, 1.54) is 0 Å². The zero-order chi connectivity index (χ0) is 15.9. The van der Waals surface area contributed by atoms with Gasteiger partial charge in [0.1, 0.15) is 9.84 Å². The van der Waals surface area contributed by atoms with Crippen molar-refractivity contribution >= 4 is 15.7 Å². The molecule has 1 rings (SSSR count). The number of amides is 1. The van der Waals surface area contributed by atoms with Crippen molar-refractivity contribution in [3.05, 3.63) is 0 Å². The molecule has 20 heavy (non-hydrogen) atoms. The minimum Gasteiger partial charge on any atom is -0.378 e. The van der Waals surface area contributed by atoms with Crippen molar-refractivity contribution < 1.29 is 17.9 Å². The maximum absolute atomic E-state index is 12.4. The van der Waals surface area contributed by atoms with E-state index in [9.17, 15) is 13.2 Å². The molecule has 0 radical (unpaired) electrons. The first-order chi connectivity index (χ1) is 8.85. The highest BCUT2D eigenvalue weighted by Crippen LogP contribution is 2.53. The number of carbonyl (C=O) groups is 1. The van der Waals surface area contributed by atoms with Gasteiger partial charge in [-0.15, -0.1) is 0 Å². The highest BCUT2D eigenvalue weighted by Gasteiger charge is 2.59. The molecule has 0 N–H and O–H groups in total. The number of hydrogen-bond acceptors (Lipinski definition) is 4. The molecule has 0 unspecified atom stereocenters. The molecule has 0 aromatic rings. The van der Waals surface area contributed by atoms with Crippen LogP contribution in [0.15, 0.2) is 0 Å². The molecule has 0 aromatic heterocycles. The van der Waals surface area contributed by atoms with Crippen molar-refractivity contribution in [3.8, 4) is 0 Å². The third kappa shape index (κ3) is 3.01. The van der Waals surface area contributed by atoms with Crippen molar-refractivity contribution in [2.24, 2.45) is 11.3 Å². The number of carbonyl (C=O) groups excluding carboxylic acids is 1. The average Bonchev–Trinajstić information content (AvgIpc) is 2.31. The monoisotopic (exact) mass is 305 g/mol. The zero-order valence-corrected chi connectivity index (χ0v) is 14.4. The highest BCUT2D eigenvalue weighted by atomic mass is 32.2. The minimum atomic E-state index is -3.14. The van der Waals surface area contributed by atoms with Gasteiger partial charge in [0.25, 0.3) is 0 Å². The van der Waals surface area contributed by atoms with Crippen molar-refractivity contribution in [1.82, 2.24) is 4.90 Å². The first-order valence-electron chi connectivity index (χ1n) is 6.85. The lowest BCUT2D eigenvalue weighted by Crippen LogP contribution is -2.69. The van der Waals surface area contributed by atoms with Crippen LogP contribution in [-0.2, 0) is 19.4 Å². The smallest absolute Gasteiger partial charge is 0.226 e. The number of rotatable bonds is 5. The second-order valence-electron chi connectivity index (χ2n) is 6.82. The third-order valence-corrected chi connectivity index (χ3v) is 6.12. The summed E-state index contributed by atoms with van der Waals surface area (Å²) in [7, 11) is 0.295. The Kier molecular flexibility index (Phi) is 4.62. The number of nitrogens with zero attached hydrogens (tertiary/aromatic N) is 1. The Morgan fingerprint density at radius 1 is 1.40 bits per heavy atom. The Morgan fingerprint density at radius 2 is 1.90 bits per heavy atom. The van der Waals surface area contributed by atoms with Crippen LogP contribution in [0, 0.1) is 11.3 Å². The number of ether oxygens (including phenoxy) is 1. The third-order valence-electron chi connectivity index (χ3n) is 5.02. The molecule has 0 spiro atoms. The molecular weight excluding hydrogens is 278 g/mol. The maximum atomic E-state index is 12.4. The molecule has 3 atom stereocenters. The Balaban J connectivity index is 2.78. The highest BCUT2D eigenvalue weighted by molar-refractivity contribution is 7.90. The maximum Gasteiger partial charge on any atom is 0.226 e. The van der Waals surface area contributed by atoms with E-state index < -0.39 is 15.8 Å². The predicted octanol–water partition coefficient (Wildman–Crippen LogP) is 1.33. The van der Waals surface area contributed by atoms with Crippen LogP contribution in [-0.4, -0.2) is 57.0 Å². The second kappa shape index (κ2) is 5.30. The standard InChI is InChI=1S/C14H27NO4S/c1-10(9-20(7,17)18)12(16)15(5)11-8-14(4,19-6)13(11,2)3/h10-11H,8-9H2,1-7H3/t10-,11-,14+/m0/s1. The minimum absolute atomic E-state index is 0.0713. The summed E-state index contributed by atoms with van der Waals surface area (Å²) >= 11 is 0. The molecule has 5 nitrogen and oxygen atoms in total. The molecule has 0 heterocycles. The van der Waals surface area contributed by atoms with E-state index in [1.54, 1.807) is 26.0 Å². The van der Waals surface area contributed by atoms with E-state index in [1.807, 2.05) is 6.92 Å². The van der Waals surface area contributed by atoms with Crippen molar-refractivity contribution in [2.75, 3.05) is 26.2 Å². The van der Waals surface area contributed by atoms with Crippen LogP contribution in [0.1, 0.15) is 34.1 Å². The van der Waals surface area contributed by atoms with Gasteiger partial charge in [0.05, 0.1) is 11.4 Å². The molecule has 1 saturated carbocycles. The number of sulfone groups is 1. The van der Waals surface area contributed by atoms with Crippen LogP contribution in [0.2, 0.25) is 0 Å². The SMILES string of the molecule is CO[C@]1(C)C[C@H](N(C)C(=O)[C@@H](C)CS(C)(=O)=O)C1(C)C. The molecule has 1 aliphatic rings. The van der Waals surface area contributed by atoms with E-state index in [-0.39, 0.29) is 28.7 Å². The van der Waals surface area contributed by atoms with Gasteiger partial charge >= 0.3 is 0 Å². The van der Waals surface area contributed by atoms with Gasteiger partial charge in [0.2, 0.25) is 5.91 Å². The van der Waals surface area contributed by atoms with Gasteiger partial charge in [-0.05, 0) is 13.3 Å². The second-order valence-corrected chi connectivity index (χ2v) is 9.00. The summed E-state index contributed by atoms with van der Waals surface area (Å²) in [5.74, 6) is -0.739. The van der Waals surface area contributed by atoms with Crippen LogP contribution >= 0.6 is 0 Å². The normalized spacial score (nSPS) is 30.4. The quantitative estimate of drug-likeness (QED) is 0.768. The molecule has 0 bridgehead atoms. The molecule has 1 fully saturated rings. The summed E-state index contributed by atoms with van der Waals surface area (Å²) in [6, 6.07) is 0.0713. The molecule has 0 aliphatic heterocycles. The summed E-state index contributed by atoms with van der Waals surface area (Å²) in [4.78, 5) is 14.1. The van der Waals surface area contributed by atoms with Crippen LogP contribution in [0.4, 0.5) is 0 Å². The van der Waals surface area contributed by atoms with Crippen molar-refractivity contribution in [3.63, 3.8) is 0 Å². The van der Waals surface area contributed by atoms with Gasteiger partial charge in [-0.2, -0.15) is 0 Å². The summed E-state index contributed by atoms with van der Waals surface area (Å²) < 4.78 is 28.2. The van der Waals surface area contributed by atoms with Crippen LogP contribution in [0.5, 0.6) is 0 Å². The van der Waals surface area contributed by atoms with Gasteiger partial charge < -0.3 is 9.64 Å². The van der Waals surface area contributed by atoms with E-state index in [2.05, 4.69) is 13.8 Å². The van der Waals surface area contributed by atoms with Crippen LogP contribution in [0.3, 0.4) is 0 Å². The molecule has 1 aliphatic carbocycles. The Bertz CT molecular complexity index is 485. The summed E-state index contributed by atoms with van der Waals surface area (Å²) in [6.07, 6.45) is 1.93. The fourth-order valence-corrected chi connectivity index (χ4v) is 4.15. The zero-order valence-electron chi connectivity index (χ0n) is 13.6. The first-order valence-corrected chi connectivity index (χ1v) is 8.91. The Morgan fingerprint density at radius 3 is 2.25 bits per heavy atom. The van der Waals surface area contributed by atoms with Crippen LogP contribution in [0.25, 0.3) is 0 Å². The lowest BCUT2D eigenvalue weighted by Gasteiger charge is -2.61. The summed E-state index contributed by atoms with van der Waals surface area (Å²) in [6.45, 7) is 7.87. The molecular formula is C14H27NO4S. The van der Waals surface area contributed by atoms with Gasteiger partial charge in [0, 0.05) is 37.8 Å². The molecule has 0 aromatic carbocycles.